The van der Waals surface area contributed by atoms with Gasteiger partial charge in [-0.25, -0.2) is 0 Å². The van der Waals surface area contributed by atoms with Gasteiger partial charge in [-0.1, -0.05) is 18.2 Å². The molecule has 2 atom stereocenters. The summed E-state index contributed by atoms with van der Waals surface area (Å²) in [6.07, 6.45) is 0. The van der Waals surface area contributed by atoms with Gasteiger partial charge in [0, 0.05) is 11.1 Å². The third-order valence-electron chi connectivity index (χ3n) is 3.21. The number of nitrogens with zero attached hydrogens (tertiary/aromatic N) is 1. The van der Waals surface area contributed by atoms with Gasteiger partial charge in [-0.3, -0.25) is 4.79 Å². The lowest BCUT2D eigenvalue weighted by atomic mass is 9.87. The Morgan fingerprint density at radius 2 is 1.89 bits per heavy atom. The molecular weight excluding hydrogens is 250 g/mol. The van der Waals surface area contributed by atoms with E-state index in [-0.39, 0.29) is 17.5 Å². The smallest absolute Gasteiger partial charge is 0.244 e. The number of β-lactam (4-membered cyclic amide) rings is 1. The molecule has 0 saturated carbocycles. The SMILES string of the molecule is COc1ccccc1[C@@H]1[C@H](Cl)C(=O)N1C(C)(C)C. The number of halogens is 1. The molecule has 18 heavy (non-hydrogen) atoms. The van der Waals surface area contributed by atoms with E-state index in [1.54, 1.807) is 7.11 Å². The van der Waals surface area contributed by atoms with Crippen molar-refractivity contribution in [2.75, 3.05) is 7.11 Å². The summed E-state index contributed by atoms with van der Waals surface area (Å²) in [6.45, 7) is 6.03. The summed E-state index contributed by atoms with van der Waals surface area (Å²) in [5.41, 5.74) is 0.725. The Kier molecular flexibility index (Phi) is 3.28. The van der Waals surface area contributed by atoms with Crippen LogP contribution in [0.3, 0.4) is 0 Å². The number of likely N-dealkylation sites (tertiary alicyclic amines) is 1. The molecule has 1 heterocycles. The van der Waals surface area contributed by atoms with Crippen LogP contribution in [0.15, 0.2) is 24.3 Å². The van der Waals surface area contributed by atoms with Crippen LogP contribution in [0, 0.1) is 0 Å². The molecule has 1 amide bonds. The number of alkyl halides is 1. The fourth-order valence-electron chi connectivity index (χ4n) is 2.41. The number of carbonyl (C=O) groups is 1. The zero-order valence-corrected chi connectivity index (χ0v) is 11.9. The molecule has 4 heteroatoms. The lowest BCUT2D eigenvalue weighted by Gasteiger charge is -2.52. The molecule has 0 N–H and O–H groups in total. The summed E-state index contributed by atoms with van der Waals surface area (Å²) < 4.78 is 5.35. The molecule has 98 valence electrons. The van der Waals surface area contributed by atoms with E-state index in [4.69, 9.17) is 16.3 Å². The molecule has 1 saturated heterocycles. The number of hydrogen-bond donors (Lipinski definition) is 0. The largest absolute Gasteiger partial charge is 0.496 e. The average Bonchev–Trinajstić information content (AvgIpc) is 2.33. The quantitative estimate of drug-likeness (QED) is 0.609. The highest BCUT2D eigenvalue weighted by atomic mass is 35.5. The highest BCUT2D eigenvalue weighted by Gasteiger charge is 2.52. The van der Waals surface area contributed by atoms with Crippen LogP contribution in [0.1, 0.15) is 32.4 Å². The third kappa shape index (κ3) is 1.97. The molecule has 1 aliphatic rings. The maximum atomic E-state index is 11.9. The Morgan fingerprint density at radius 3 is 2.44 bits per heavy atom. The van der Waals surface area contributed by atoms with Gasteiger partial charge in [0.1, 0.15) is 11.1 Å². The fourth-order valence-corrected chi connectivity index (χ4v) is 2.76. The lowest BCUT2D eigenvalue weighted by Crippen LogP contribution is -2.63. The molecule has 1 aliphatic heterocycles. The minimum atomic E-state index is -0.500. The molecule has 0 aromatic heterocycles. The van der Waals surface area contributed by atoms with Crippen LogP contribution in [0.2, 0.25) is 0 Å². The van der Waals surface area contributed by atoms with E-state index in [0.717, 1.165) is 11.3 Å². The monoisotopic (exact) mass is 267 g/mol. The summed E-state index contributed by atoms with van der Waals surface area (Å²) in [5, 5.41) is -0.500. The molecule has 3 nitrogen and oxygen atoms in total. The number of benzene rings is 1. The van der Waals surface area contributed by atoms with Crippen molar-refractivity contribution in [3.63, 3.8) is 0 Å². The summed E-state index contributed by atoms with van der Waals surface area (Å²) in [4.78, 5) is 13.8. The third-order valence-corrected chi connectivity index (χ3v) is 3.63. The van der Waals surface area contributed by atoms with E-state index in [2.05, 4.69) is 0 Å². The molecule has 0 aliphatic carbocycles. The van der Waals surface area contributed by atoms with Crippen LogP contribution >= 0.6 is 11.6 Å². The van der Waals surface area contributed by atoms with Crippen LogP contribution in [0.5, 0.6) is 5.75 Å². The highest BCUT2D eigenvalue weighted by Crippen LogP contribution is 2.45. The Labute approximate surface area is 113 Å². The topological polar surface area (TPSA) is 29.5 Å². The predicted molar refractivity (Wildman–Crippen MR) is 72.0 cm³/mol. The summed E-state index contributed by atoms with van der Waals surface area (Å²) >= 11 is 6.18. The molecule has 0 bridgehead atoms. The van der Waals surface area contributed by atoms with Crippen LogP contribution in [0.4, 0.5) is 0 Å². The number of para-hydroxylation sites is 1. The van der Waals surface area contributed by atoms with Crippen LogP contribution in [-0.4, -0.2) is 28.8 Å². The van der Waals surface area contributed by atoms with Gasteiger partial charge < -0.3 is 9.64 Å². The first-order chi connectivity index (χ1) is 8.38. The predicted octanol–water partition coefficient (Wildman–Crippen LogP) is 2.98. The first-order valence-electron chi connectivity index (χ1n) is 5.98. The normalized spacial score (nSPS) is 23.8. The first kappa shape index (κ1) is 13.2. The van der Waals surface area contributed by atoms with Crippen molar-refractivity contribution >= 4 is 17.5 Å². The average molecular weight is 268 g/mol. The standard InChI is InChI=1S/C14H18ClNO2/c1-14(2,3)16-12(11(15)13(16)17)9-7-5-6-8-10(9)18-4/h5-8,11-12H,1-4H3/t11-,12+/m0/s1. The number of ether oxygens (including phenoxy) is 1. The number of hydrogen-bond acceptors (Lipinski definition) is 2. The zero-order chi connectivity index (χ0) is 13.5. The second kappa shape index (κ2) is 4.47. The first-order valence-corrected chi connectivity index (χ1v) is 6.41. The minimum Gasteiger partial charge on any atom is -0.496 e. The highest BCUT2D eigenvalue weighted by molar-refractivity contribution is 6.33. The second-order valence-electron chi connectivity index (χ2n) is 5.47. The van der Waals surface area contributed by atoms with Crippen molar-refractivity contribution in [1.29, 1.82) is 0 Å². The van der Waals surface area contributed by atoms with Crippen LogP contribution < -0.4 is 4.74 Å². The summed E-state index contributed by atoms with van der Waals surface area (Å²) in [5.74, 6) is 0.759. The minimum absolute atomic E-state index is 0.0138. The Bertz CT molecular complexity index is 467. The van der Waals surface area contributed by atoms with Gasteiger partial charge in [0.25, 0.3) is 0 Å². The lowest BCUT2D eigenvalue weighted by molar-refractivity contribution is -0.153. The van der Waals surface area contributed by atoms with E-state index in [1.807, 2.05) is 49.9 Å². The zero-order valence-electron chi connectivity index (χ0n) is 11.1. The van der Waals surface area contributed by atoms with E-state index in [9.17, 15) is 4.79 Å². The Hall–Kier alpha value is -1.22. The van der Waals surface area contributed by atoms with E-state index in [1.165, 1.54) is 0 Å². The van der Waals surface area contributed by atoms with Crippen molar-refractivity contribution in [3.8, 4) is 5.75 Å². The molecule has 0 spiro atoms. The van der Waals surface area contributed by atoms with E-state index >= 15 is 0 Å². The van der Waals surface area contributed by atoms with Crippen LogP contribution in [0.25, 0.3) is 0 Å². The van der Waals surface area contributed by atoms with Gasteiger partial charge in [-0.15, -0.1) is 11.6 Å². The Balaban J connectivity index is 2.40. The van der Waals surface area contributed by atoms with Gasteiger partial charge in [-0.05, 0) is 26.8 Å². The van der Waals surface area contributed by atoms with E-state index < -0.39 is 5.38 Å². The molecule has 2 rings (SSSR count). The Morgan fingerprint density at radius 1 is 1.28 bits per heavy atom. The number of methoxy groups -OCH3 is 1. The molecule has 0 unspecified atom stereocenters. The van der Waals surface area contributed by atoms with Crippen molar-refractivity contribution in [2.24, 2.45) is 0 Å². The fraction of sp³-hybridized carbons (Fsp3) is 0.500. The van der Waals surface area contributed by atoms with Crippen molar-refractivity contribution in [2.45, 2.75) is 37.7 Å². The van der Waals surface area contributed by atoms with Crippen LogP contribution in [-0.2, 0) is 4.79 Å². The number of amides is 1. The van der Waals surface area contributed by atoms with Crippen molar-refractivity contribution in [1.82, 2.24) is 4.90 Å². The molecule has 1 aromatic rings. The van der Waals surface area contributed by atoms with Crippen molar-refractivity contribution < 1.29 is 9.53 Å². The van der Waals surface area contributed by atoms with Crippen molar-refractivity contribution in [3.05, 3.63) is 29.8 Å². The van der Waals surface area contributed by atoms with Gasteiger partial charge in [0.15, 0.2) is 0 Å². The van der Waals surface area contributed by atoms with Gasteiger partial charge in [0.05, 0.1) is 13.2 Å². The maximum absolute atomic E-state index is 11.9. The molecule has 1 aromatic carbocycles. The molecule has 0 radical (unpaired) electrons. The van der Waals surface area contributed by atoms with Gasteiger partial charge in [0.2, 0.25) is 5.91 Å². The van der Waals surface area contributed by atoms with E-state index in [0.29, 0.717) is 0 Å². The summed E-state index contributed by atoms with van der Waals surface area (Å²) in [7, 11) is 1.63. The number of rotatable bonds is 2. The summed E-state index contributed by atoms with van der Waals surface area (Å²) in [6, 6.07) is 7.58. The maximum Gasteiger partial charge on any atom is 0.244 e. The molecule has 1 fully saturated rings. The van der Waals surface area contributed by atoms with Gasteiger partial charge >= 0.3 is 0 Å². The number of carbonyl (C=O) groups excluding carboxylic acids is 1. The second-order valence-corrected chi connectivity index (χ2v) is 5.94. The van der Waals surface area contributed by atoms with Gasteiger partial charge in [-0.2, -0.15) is 0 Å². The molecular formula is C14H18ClNO2.